The van der Waals surface area contributed by atoms with Crippen LogP contribution in [0.3, 0.4) is 0 Å². The van der Waals surface area contributed by atoms with Crippen molar-refractivity contribution in [1.82, 2.24) is 4.72 Å². The van der Waals surface area contributed by atoms with E-state index in [1.54, 1.807) is 6.08 Å². The van der Waals surface area contributed by atoms with Crippen molar-refractivity contribution in [1.29, 1.82) is 0 Å². The van der Waals surface area contributed by atoms with Gasteiger partial charge >= 0.3 is 0 Å². The van der Waals surface area contributed by atoms with Crippen LogP contribution in [0.5, 0.6) is 0 Å². The number of allylic oxidation sites excluding steroid dienone is 3. The van der Waals surface area contributed by atoms with Crippen molar-refractivity contribution in [3.05, 3.63) is 36.5 Å². The molecule has 3 heteroatoms. The predicted molar refractivity (Wildman–Crippen MR) is 68.5 cm³/mol. The fourth-order valence-corrected chi connectivity index (χ4v) is 1.22. The van der Waals surface area contributed by atoms with E-state index in [0.717, 1.165) is 11.1 Å². The lowest BCUT2D eigenvalue weighted by atomic mass is 10.0. The molecule has 0 radical (unpaired) electrons. The third-order valence-electron chi connectivity index (χ3n) is 1.96. The Morgan fingerprint density at radius 1 is 1.53 bits per heavy atom. The van der Waals surface area contributed by atoms with Crippen LogP contribution in [-0.2, 0) is 4.79 Å². The first-order chi connectivity index (χ1) is 7.01. The van der Waals surface area contributed by atoms with Crippen LogP contribution in [0.2, 0.25) is 0 Å². The van der Waals surface area contributed by atoms with Crippen LogP contribution in [0.25, 0.3) is 0 Å². The highest BCUT2D eigenvalue weighted by Crippen LogP contribution is 2.13. The molecule has 0 rings (SSSR count). The number of rotatable bonds is 6. The Bertz CT molecular complexity index is 279. The molecule has 0 fully saturated rings. The maximum atomic E-state index is 11.3. The Kier molecular flexibility index (Phi) is 6.88. The second kappa shape index (κ2) is 7.35. The maximum absolute atomic E-state index is 11.3. The van der Waals surface area contributed by atoms with Gasteiger partial charge in [-0.15, -0.1) is 0 Å². The van der Waals surface area contributed by atoms with Gasteiger partial charge in [-0.1, -0.05) is 56.7 Å². The molecule has 84 valence electrons. The average Bonchev–Trinajstić information content (AvgIpc) is 2.16. The number of amides is 1. The minimum absolute atomic E-state index is 0.00907. The van der Waals surface area contributed by atoms with Gasteiger partial charge in [-0.25, -0.2) is 0 Å². The molecule has 0 saturated carbocycles. The summed E-state index contributed by atoms with van der Waals surface area (Å²) in [6.45, 7) is 11.8. The number of carbonyl (C=O) groups excluding carboxylic acids is 1. The molecule has 0 unspecified atom stereocenters. The molecular formula is C12H19NOS. The van der Waals surface area contributed by atoms with Crippen LogP contribution >= 0.6 is 11.9 Å². The highest BCUT2D eigenvalue weighted by Gasteiger charge is 2.04. The molecule has 0 aromatic heterocycles. The summed E-state index contributed by atoms with van der Waals surface area (Å²) in [5.74, 6) is 0.383. The van der Waals surface area contributed by atoms with Gasteiger partial charge in [-0.3, -0.25) is 4.79 Å². The molecule has 15 heavy (non-hydrogen) atoms. The molecule has 0 aromatic rings. The molecule has 1 amide bonds. The number of nitrogens with one attached hydrogen (secondary N) is 1. The van der Waals surface area contributed by atoms with Crippen molar-refractivity contribution in [3.8, 4) is 0 Å². The van der Waals surface area contributed by atoms with E-state index in [1.807, 2.05) is 12.3 Å². The van der Waals surface area contributed by atoms with Crippen LogP contribution in [0.15, 0.2) is 36.5 Å². The lowest BCUT2D eigenvalue weighted by molar-refractivity contribution is -0.118. The fraction of sp³-hybridized carbons (Fsp3) is 0.417. The van der Waals surface area contributed by atoms with Gasteiger partial charge in [0.25, 0.3) is 0 Å². The average molecular weight is 225 g/mol. The molecule has 0 saturated heterocycles. The van der Waals surface area contributed by atoms with E-state index in [-0.39, 0.29) is 5.91 Å². The largest absolute Gasteiger partial charge is 0.300 e. The first kappa shape index (κ1) is 14.0. The summed E-state index contributed by atoms with van der Waals surface area (Å²) in [6.07, 6.45) is 5.81. The lowest BCUT2D eigenvalue weighted by Crippen LogP contribution is -2.15. The molecule has 1 N–H and O–H groups in total. The van der Waals surface area contributed by atoms with Gasteiger partial charge in [0, 0.05) is 6.26 Å². The van der Waals surface area contributed by atoms with E-state index in [9.17, 15) is 4.79 Å². The molecule has 0 atom stereocenters. The molecule has 0 bridgehead atoms. The second-order valence-electron chi connectivity index (χ2n) is 3.56. The van der Waals surface area contributed by atoms with E-state index >= 15 is 0 Å². The number of carbonyl (C=O) groups is 1. The lowest BCUT2D eigenvalue weighted by Gasteiger charge is -2.07. The molecule has 0 spiro atoms. The van der Waals surface area contributed by atoms with Crippen molar-refractivity contribution in [3.63, 3.8) is 0 Å². The fourth-order valence-electron chi connectivity index (χ4n) is 0.922. The predicted octanol–water partition coefficient (Wildman–Crippen LogP) is 3.10. The summed E-state index contributed by atoms with van der Waals surface area (Å²) in [6, 6.07) is 0. The molecule has 0 aromatic carbocycles. The zero-order valence-corrected chi connectivity index (χ0v) is 10.5. The maximum Gasteiger partial charge on any atom is 0.234 e. The topological polar surface area (TPSA) is 29.1 Å². The van der Waals surface area contributed by atoms with Crippen LogP contribution in [-0.4, -0.2) is 12.2 Å². The van der Waals surface area contributed by atoms with Crippen molar-refractivity contribution in [2.45, 2.75) is 20.3 Å². The van der Waals surface area contributed by atoms with Gasteiger partial charge in [-0.05, 0) is 11.5 Å². The van der Waals surface area contributed by atoms with Gasteiger partial charge in [0.2, 0.25) is 5.91 Å². The van der Waals surface area contributed by atoms with Crippen LogP contribution in [0.4, 0.5) is 0 Å². The van der Waals surface area contributed by atoms with Crippen LogP contribution in [0.1, 0.15) is 20.3 Å². The quantitative estimate of drug-likeness (QED) is 0.556. The van der Waals surface area contributed by atoms with E-state index in [1.165, 1.54) is 11.9 Å². The van der Waals surface area contributed by atoms with Gasteiger partial charge < -0.3 is 4.72 Å². The van der Waals surface area contributed by atoms with E-state index in [4.69, 9.17) is 0 Å². The van der Waals surface area contributed by atoms with E-state index < -0.39 is 0 Å². The van der Waals surface area contributed by atoms with Crippen molar-refractivity contribution < 1.29 is 4.79 Å². The van der Waals surface area contributed by atoms with Crippen molar-refractivity contribution in [2.24, 2.45) is 5.92 Å². The summed E-state index contributed by atoms with van der Waals surface area (Å²) in [7, 11) is 0. The van der Waals surface area contributed by atoms with Gasteiger partial charge in [0.1, 0.15) is 0 Å². The molecule has 0 aliphatic heterocycles. The molecule has 0 aliphatic carbocycles. The zero-order valence-electron chi connectivity index (χ0n) is 9.67. The first-order valence-electron chi connectivity index (χ1n) is 4.84. The Balaban J connectivity index is 4.43. The Morgan fingerprint density at radius 3 is 2.53 bits per heavy atom. The summed E-state index contributed by atoms with van der Waals surface area (Å²) in [5.41, 5.74) is 1.92. The minimum Gasteiger partial charge on any atom is -0.300 e. The highest BCUT2D eigenvalue weighted by atomic mass is 32.2. The summed E-state index contributed by atoms with van der Waals surface area (Å²) >= 11 is 1.30. The Morgan fingerprint density at radius 2 is 2.13 bits per heavy atom. The van der Waals surface area contributed by atoms with Gasteiger partial charge in [0.05, 0.1) is 6.42 Å². The van der Waals surface area contributed by atoms with Crippen molar-refractivity contribution in [2.75, 3.05) is 6.26 Å². The zero-order chi connectivity index (χ0) is 11.8. The van der Waals surface area contributed by atoms with E-state index in [0.29, 0.717) is 12.3 Å². The first-order valence-corrected chi connectivity index (χ1v) is 6.07. The summed E-state index contributed by atoms with van der Waals surface area (Å²) < 4.78 is 2.67. The van der Waals surface area contributed by atoms with E-state index in [2.05, 4.69) is 31.7 Å². The Hall–Kier alpha value is -0.960. The minimum atomic E-state index is -0.00907. The standard InChI is InChI=1S/C12H19NOS/c1-6-11(7-10(4)9(2)3)8-12(14)13-15-5/h6-7,9H,1,4,8H2,2-3,5H3,(H,13,14)/b11-7+. The van der Waals surface area contributed by atoms with Crippen LogP contribution in [0, 0.1) is 5.92 Å². The summed E-state index contributed by atoms with van der Waals surface area (Å²) in [4.78, 5) is 11.3. The second-order valence-corrected chi connectivity index (χ2v) is 4.17. The highest BCUT2D eigenvalue weighted by molar-refractivity contribution is 7.97. The van der Waals surface area contributed by atoms with Crippen molar-refractivity contribution >= 4 is 17.9 Å². The van der Waals surface area contributed by atoms with Gasteiger partial charge in [0.15, 0.2) is 0 Å². The molecule has 2 nitrogen and oxygen atoms in total. The molecule has 0 heterocycles. The van der Waals surface area contributed by atoms with Crippen LogP contribution < -0.4 is 4.72 Å². The summed E-state index contributed by atoms with van der Waals surface area (Å²) in [5, 5.41) is 0. The normalized spacial score (nSPS) is 11.3. The monoisotopic (exact) mass is 225 g/mol. The van der Waals surface area contributed by atoms with Gasteiger partial charge in [-0.2, -0.15) is 0 Å². The molecule has 0 aliphatic rings. The SMILES string of the molecule is C=C/C(=C\C(=C)C(C)C)CC(=O)NSC. The smallest absolute Gasteiger partial charge is 0.234 e. The number of hydrogen-bond donors (Lipinski definition) is 1. The third kappa shape index (κ3) is 6.18. The third-order valence-corrected chi connectivity index (χ3v) is 2.39. The Labute approximate surface area is 96.7 Å². The number of hydrogen-bond acceptors (Lipinski definition) is 2. The molecular weight excluding hydrogens is 206 g/mol.